The Kier molecular flexibility index (Phi) is 4.37. The van der Waals surface area contributed by atoms with E-state index in [1.165, 1.54) is 25.3 Å². The predicted octanol–water partition coefficient (Wildman–Crippen LogP) is 1.86. The van der Waals surface area contributed by atoms with Crippen molar-refractivity contribution in [2.75, 3.05) is 0 Å². The second-order valence-corrected chi connectivity index (χ2v) is 6.64. The summed E-state index contributed by atoms with van der Waals surface area (Å²) in [6.07, 6.45) is 1.36. The fourth-order valence-corrected chi connectivity index (χ4v) is 2.97. The average molecular weight is 304 g/mol. The molecule has 1 N–H and O–H groups in total. The van der Waals surface area contributed by atoms with Crippen LogP contribution in [-0.2, 0) is 21.2 Å². The molecule has 2 rings (SSSR count). The Balaban J connectivity index is 2.24. The second kappa shape index (κ2) is 6.05. The van der Waals surface area contributed by atoms with Crippen molar-refractivity contribution in [3.63, 3.8) is 0 Å². The number of rotatable bonds is 4. The Labute approximate surface area is 124 Å². The van der Waals surface area contributed by atoms with Crippen LogP contribution in [0.15, 0.2) is 52.4 Å². The maximum absolute atomic E-state index is 12.4. The first-order valence-corrected chi connectivity index (χ1v) is 7.89. The number of hydrogen-bond acceptors (Lipinski definition) is 4. The molecule has 0 aliphatic carbocycles. The van der Waals surface area contributed by atoms with Gasteiger partial charge in [0, 0.05) is 25.4 Å². The number of sulfone groups is 1. The summed E-state index contributed by atoms with van der Waals surface area (Å²) < 4.78 is 24.8. The Bertz CT molecular complexity index is 735. The molecule has 1 amide bonds. The molecule has 1 aromatic heterocycles. The number of hydrogen-bond donors (Lipinski definition) is 1. The number of carbonyl (C=O) groups excluding carboxylic acids is 1. The molecule has 0 aliphatic heterocycles. The van der Waals surface area contributed by atoms with E-state index in [1.807, 2.05) is 0 Å². The average Bonchev–Trinajstić information content (AvgIpc) is 2.46. The SMILES string of the molecule is CC(=O)NCc1ccc(S(=O)(=O)c2ccc(C)nc2)cc1. The molecule has 21 heavy (non-hydrogen) atoms. The summed E-state index contributed by atoms with van der Waals surface area (Å²) in [7, 11) is -3.55. The van der Waals surface area contributed by atoms with Crippen LogP contribution in [0, 0.1) is 6.92 Å². The first-order chi connectivity index (χ1) is 9.89. The van der Waals surface area contributed by atoms with Crippen molar-refractivity contribution in [2.45, 2.75) is 30.2 Å². The van der Waals surface area contributed by atoms with Gasteiger partial charge in [0.25, 0.3) is 0 Å². The molecular weight excluding hydrogens is 288 g/mol. The van der Waals surface area contributed by atoms with Gasteiger partial charge >= 0.3 is 0 Å². The molecule has 0 unspecified atom stereocenters. The Morgan fingerprint density at radius 1 is 1.10 bits per heavy atom. The monoisotopic (exact) mass is 304 g/mol. The van der Waals surface area contributed by atoms with E-state index in [1.54, 1.807) is 31.2 Å². The standard InChI is InChI=1S/C15H16N2O3S/c1-11-3-6-15(10-16-11)21(19,20)14-7-4-13(5-8-14)9-17-12(2)18/h3-8,10H,9H2,1-2H3,(H,17,18). The van der Waals surface area contributed by atoms with E-state index in [-0.39, 0.29) is 15.7 Å². The smallest absolute Gasteiger partial charge is 0.217 e. The van der Waals surface area contributed by atoms with E-state index in [9.17, 15) is 13.2 Å². The quantitative estimate of drug-likeness (QED) is 0.935. The van der Waals surface area contributed by atoms with Crippen molar-refractivity contribution in [2.24, 2.45) is 0 Å². The van der Waals surface area contributed by atoms with Gasteiger partial charge < -0.3 is 5.32 Å². The van der Waals surface area contributed by atoms with E-state index < -0.39 is 9.84 Å². The molecule has 1 aromatic carbocycles. The molecule has 0 spiro atoms. The zero-order chi connectivity index (χ0) is 15.5. The van der Waals surface area contributed by atoms with Gasteiger partial charge in [-0.2, -0.15) is 0 Å². The number of pyridine rings is 1. The zero-order valence-corrected chi connectivity index (χ0v) is 12.6. The fraction of sp³-hybridized carbons (Fsp3) is 0.200. The lowest BCUT2D eigenvalue weighted by molar-refractivity contribution is -0.119. The third kappa shape index (κ3) is 3.66. The van der Waals surface area contributed by atoms with Gasteiger partial charge in [-0.25, -0.2) is 8.42 Å². The summed E-state index contributed by atoms with van der Waals surface area (Å²) in [5, 5.41) is 2.66. The van der Waals surface area contributed by atoms with E-state index in [0.29, 0.717) is 6.54 Å². The molecule has 0 aliphatic rings. The van der Waals surface area contributed by atoms with Gasteiger partial charge in [0.15, 0.2) is 0 Å². The minimum absolute atomic E-state index is 0.127. The van der Waals surface area contributed by atoms with Crippen molar-refractivity contribution < 1.29 is 13.2 Å². The van der Waals surface area contributed by atoms with Gasteiger partial charge in [0.05, 0.1) is 9.79 Å². The summed E-state index contributed by atoms with van der Waals surface area (Å²) in [4.78, 5) is 15.2. The molecule has 5 nitrogen and oxygen atoms in total. The van der Waals surface area contributed by atoms with Gasteiger partial charge in [-0.1, -0.05) is 12.1 Å². The van der Waals surface area contributed by atoms with Crippen LogP contribution >= 0.6 is 0 Å². The van der Waals surface area contributed by atoms with Crippen LogP contribution in [-0.4, -0.2) is 19.3 Å². The van der Waals surface area contributed by atoms with Crippen molar-refractivity contribution >= 4 is 15.7 Å². The van der Waals surface area contributed by atoms with Gasteiger partial charge in [-0.15, -0.1) is 0 Å². The maximum atomic E-state index is 12.4. The number of benzene rings is 1. The molecule has 1 heterocycles. The highest BCUT2D eigenvalue weighted by molar-refractivity contribution is 7.91. The third-order valence-corrected chi connectivity index (χ3v) is 4.72. The van der Waals surface area contributed by atoms with E-state index in [0.717, 1.165) is 11.3 Å². The van der Waals surface area contributed by atoms with Gasteiger partial charge in [0.1, 0.15) is 0 Å². The van der Waals surface area contributed by atoms with Crippen LogP contribution in [0.5, 0.6) is 0 Å². The normalized spacial score (nSPS) is 11.1. The maximum Gasteiger partial charge on any atom is 0.217 e. The summed E-state index contributed by atoms with van der Waals surface area (Å²) in [6, 6.07) is 9.65. The first-order valence-electron chi connectivity index (χ1n) is 6.41. The van der Waals surface area contributed by atoms with Crippen LogP contribution in [0.25, 0.3) is 0 Å². The van der Waals surface area contributed by atoms with Crippen LogP contribution in [0.2, 0.25) is 0 Å². The lowest BCUT2D eigenvalue weighted by Gasteiger charge is -2.06. The molecule has 0 fully saturated rings. The minimum atomic E-state index is -3.55. The highest BCUT2D eigenvalue weighted by atomic mass is 32.2. The van der Waals surface area contributed by atoms with E-state index in [2.05, 4.69) is 10.3 Å². The number of amides is 1. The highest BCUT2D eigenvalue weighted by Gasteiger charge is 2.17. The molecule has 110 valence electrons. The summed E-state index contributed by atoms with van der Waals surface area (Å²) >= 11 is 0. The molecular formula is C15H16N2O3S. The Morgan fingerprint density at radius 3 is 2.24 bits per heavy atom. The third-order valence-electron chi connectivity index (χ3n) is 2.97. The van der Waals surface area contributed by atoms with Crippen molar-refractivity contribution in [1.29, 1.82) is 0 Å². The van der Waals surface area contributed by atoms with Crippen LogP contribution in [0.1, 0.15) is 18.2 Å². The van der Waals surface area contributed by atoms with Crippen molar-refractivity contribution in [3.05, 3.63) is 53.9 Å². The molecule has 0 saturated carbocycles. The van der Waals surface area contributed by atoms with Crippen molar-refractivity contribution in [1.82, 2.24) is 10.3 Å². The van der Waals surface area contributed by atoms with Crippen LogP contribution in [0.4, 0.5) is 0 Å². The molecule has 0 bridgehead atoms. The summed E-state index contributed by atoms with van der Waals surface area (Å²) in [5.41, 5.74) is 1.60. The number of nitrogens with zero attached hydrogens (tertiary/aromatic N) is 1. The van der Waals surface area contributed by atoms with E-state index in [4.69, 9.17) is 0 Å². The molecule has 2 aromatic rings. The largest absolute Gasteiger partial charge is 0.352 e. The second-order valence-electron chi connectivity index (χ2n) is 4.69. The van der Waals surface area contributed by atoms with Gasteiger partial charge in [-0.3, -0.25) is 9.78 Å². The van der Waals surface area contributed by atoms with Crippen LogP contribution in [0.3, 0.4) is 0 Å². The minimum Gasteiger partial charge on any atom is -0.352 e. The van der Waals surface area contributed by atoms with E-state index >= 15 is 0 Å². The van der Waals surface area contributed by atoms with Crippen LogP contribution < -0.4 is 5.32 Å². The predicted molar refractivity (Wildman–Crippen MR) is 78.4 cm³/mol. The van der Waals surface area contributed by atoms with Crippen molar-refractivity contribution in [3.8, 4) is 0 Å². The van der Waals surface area contributed by atoms with Gasteiger partial charge in [-0.05, 0) is 36.8 Å². The number of aromatic nitrogens is 1. The first kappa shape index (κ1) is 15.2. The molecule has 0 saturated heterocycles. The number of aryl methyl sites for hydroxylation is 1. The zero-order valence-electron chi connectivity index (χ0n) is 11.8. The Hall–Kier alpha value is -2.21. The Morgan fingerprint density at radius 2 is 1.71 bits per heavy atom. The highest BCUT2D eigenvalue weighted by Crippen LogP contribution is 2.20. The lowest BCUT2D eigenvalue weighted by atomic mass is 10.2. The summed E-state index contributed by atoms with van der Waals surface area (Å²) in [5.74, 6) is -0.127. The number of nitrogens with one attached hydrogen (secondary N) is 1. The summed E-state index contributed by atoms with van der Waals surface area (Å²) in [6.45, 7) is 3.61. The van der Waals surface area contributed by atoms with Gasteiger partial charge in [0.2, 0.25) is 15.7 Å². The molecule has 0 atom stereocenters. The fourth-order valence-electron chi connectivity index (χ4n) is 1.76. The molecule has 6 heteroatoms. The molecule has 0 radical (unpaired) electrons. The topological polar surface area (TPSA) is 76.1 Å². The lowest BCUT2D eigenvalue weighted by Crippen LogP contribution is -2.18. The number of carbonyl (C=O) groups is 1.